The predicted octanol–water partition coefficient (Wildman–Crippen LogP) is -0.419. The minimum Gasteiger partial charge on any atom is -0.374 e. The number of pyridine rings is 1. The van der Waals surface area contributed by atoms with Crippen molar-refractivity contribution >= 4 is 11.7 Å². The van der Waals surface area contributed by atoms with E-state index in [0.29, 0.717) is 24.5 Å². The van der Waals surface area contributed by atoms with Crippen LogP contribution in [-0.2, 0) is 4.74 Å². The second kappa shape index (κ2) is 5.60. The van der Waals surface area contributed by atoms with Crippen molar-refractivity contribution in [1.29, 1.82) is 0 Å². The smallest absolute Gasteiger partial charge is 0.252 e. The fourth-order valence-corrected chi connectivity index (χ4v) is 1.71. The van der Waals surface area contributed by atoms with Gasteiger partial charge in [-0.3, -0.25) is 4.79 Å². The number of aromatic nitrogens is 1. The van der Waals surface area contributed by atoms with E-state index in [0.717, 1.165) is 13.1 Å². The van der Waals surface area contributed by atoms with Gasteiger partial charge in [-0.25, -0.2) is 4.98 Å². The molecular weight excluding hydrogens is 220 g/mol. The van der Waals surface area contributed by atoms with Crippen LogP contribution in [0.3, 0.4) is 0 Å². The Kier molecular flexibility index (Phi) is 3.89. The highest BCUT2D eigenvalue weighted by molar-refractivity contribution is 5.97. The van der Waals surface area contributed by atoms with Gasteiger partial charge in [0.25, 0.3) is 5.91 Å². The molecule has 1 aromatic rings. The van der Waals surface area contributed by atoms with Crippen LogP contribution in [0.4, 0.5) is 5.82 Å². The van der Waals surface area contributed by atoms with E-state index in [9.17, 15) is 4.79 Å². The molecule has 0 spiro atoms. The van der Waals surface area contributed by atoms with Gasteiger partial charge in [0.2, 0.25) is 0 Å². The number of morpholine rings is 1. The summed E-state index contributed by atoms with van der Waals surface area (Å²) >= 11 is 0. The fraction of sp³-hybridized carbons (Fsp3) is 0.455. The average Bonchev–Trinajstić information content (AvgIpc) is 2.38. The van der Waals surface area contributed by atoms with Crippen LogP contribution in [0.15, 0.2) is 18.3 Å². The van der Waals surface area contributed by atoms with E-state index in [2.05, 4.69) is 15.6 Å². The summed E-state index contributed by atoms with van der Waals surface area (Å²) in [5.41, 5.74) is 5.66. The van der Waals surface area contributed by atoms with Crippen molar-refractivity contribution in [1.82, 2.24) is 10.3 Å². The molecule has 1 aliphatic rings. The van der Waals surface area contributed by atoms with E-state index in [1.807, 2.05) is 0 Å². The van der Waals surface area contributed by atoms with E-state index < -0.39 is 5.91 Å². The molecule has 1 fully saturated rings. The van der Waals surface area contributed by atoms with Gasteiger partial charge in [-0.1, -0.05) is 0 Å². The third-order valence-electron chi connectivity index (χ3n) is 2.57. The normalized spacial score (nSPS) is 19.9. The van der Waals surface area contributed by atoms with Crippen LogP contribution in [0.25, 0.3) is 0 Å². The number of rotatable bonds is 4. The first kappa shape index (κ1) is 11.8. The lowest BCUT2D eigenvalue weighted by Gasteiger charge is -2.24. The molecule has 1 aliphatic heterocycles. The summed E-state index contributed by atoms with van der Waals surface area (Å²) in [5.74, 6) is 0.0254. The Bertz CT molecular complexity index is 391. The van der Waals surface area contributed by atoms with Gasteiger partial charge in [-0.2, -0.15) is 0 Å². The van der Waals surface area contributed by atoms with Crippen molar-refractivity contribution in [3.05, 3.63) is 23.9 Å². The number of hydrogen-bond donors (Lipinski definition) is 3. The molecule has 1 aromatic heterocycles. The third kappa shape index (κ3) is 3.15. The lowest BCUT2D eigenvalue weighted by Crippen LogP contribution is -2.42. The molecule has 17 heavy (non-hydrogen) atoms. The van der Waals surface area contributed by atoms with Gasteiger partial charge in [0, 0.05) is 25.8 Å². The highest BCUT2D eigenvalue weighted by Crippen LogP contribution is 2.10. The summed E-state index contributed by atoms with van der Waals surface area (Å²) in [6, 6.07) is 3.33. The monoisotopic (exact) mass is 236 g/mol. The molecule has 1 saturated heterocycles. The molecule has 1 atom stereocenters. The summed E-state index contributed by atoms with van der Waals surface area (Å²) < 4.78 is 5.53. The Morgan fingerprint density at radius 1 is 1.71 bits per heavy atom. The number of nitrogens with two attached hydrogens (primary N) is 1. The van der Waals surface area contributed by atoms with E-state index in [1.165, 1.54) is 0 Å². The highest BCUT2D eigenvalue weighted by Gasteiger charge is 2.14. The minimum atomic E-state index is -0.483. The maximum atomic E-state index is 11.2. The van der Waals surface area contributed by atoms with E-state index in [-0.39, 0.29) is 6.10 Å². The van der Waals surface area contributed by atoms with Crippen molar-refractivity contribution < 1.29 is 9.53 Å². The van der Waals surface area contributed by atoms with E-state index >= 15 is 0 Å². The Balaban J connectivity index is 1.96. The molecule has 0 unspecified atom stereocenters. The summed E-state index contributed by atoms with van der Waals surface area (Å²) in [4.78, 5) is 15.3. The Labute approximate surface area is 99.5 Å². The Morgan fingerprint density at radius 2 is 2.59 bits per heavy atom. The largest absolute Gasteiger partial charge is 0.374 e. The van der Waals surface area contributed by atoms with Crippen LogP contribution in [0.5, 0.6) is 0 Å². The first-order chi connectivity index (χ1) is 8.27. The zero-order valence-electron chi connectivity index (χ0n) is 9.48. The first-order valence-corrected chi connectivity index (χ1v) is 5.58. The molecule has 0 bridgehead atoms. The van der Waals surface area contributed by atoms with Gasteiger partial charge in [0.05, 0.1) is 18.3 Å². The Hall–Kier alpha value is -1.66. The fourth-order valence-electron chi connectivity index (χ4n) is 1.71. The van der Waals surface area contributed by atoms with Crippen molar-refractivity contribution in [3.63, 3.8) is 0 Å². The van der Waals surface area contributed by atoms with Crippen LogP contribution >= 0.6 is 0 Å². The number of amides is 1. The molecule has 0 aliphatic carbocycles. The number of carbonyl (C=O) groups excluding carboxylic acids is 1. The van der Waals surface area contributed by atoms with Crippen LogP contribution in [-0.4, -0.2) is 43.2 Å². The molecule has 4 N–H and O–H groups in total. The molecule has 0 aromatic carbocycles. The van der Waals surface area contributed by atoms with Crippen LogP contribution in [0.2, 0.25) is 0 Å². The van der Waals surface area contributed by atoms with E-state index in [1.54, 1.807) is 18.3 Å². The zero-order chi connectivity index (χ0) is 12.1. The van der Waals surface area contributed by atoms with Gasteiger partial charge in [0.15, 0.2) is 0 Å². The lowest BCUT2D eigenvalue weighted by molar-refractivity contribution is 0.0371. The van der Waals surface area contributed by atoms with Gasteiger partial charge >= 0.3 is 0 Å². The molecule has 6 nitrogen and oxygen atoms in total. The second-order valence-corrected chi connectivity index (χ2v) is 3.84. The van der Waals surface area contributed by atoms with Crippen LogP contribution in [0.1, 0.15) is 10.4 Å². The molecule has 0 radical (unpaired) electrons. The van der Waals surface area contributed by atoms with Crippen molar-refractivity contribution in [2.75, 3.05) is 31.6 Å². The molecule has 92 valence electrons. The number of primary amides is 1. The van der Waals surface area contributed by atoms with Crippen LogP contribution in [0, 0.1) is 0 Å². The average molecular weight is 236 g/mol. The topological polar surface area (TPSA) is 89.3 Å². The number of nitrogens with one attached hydrogen (secondary N) is 2. The summed E-state index contributed by atoms with van der Waals surface area (Å²) in [6.07, 6.45) is 1.71. The van der Waals surface area contributed by atoms with Gasteiger partial charge in [-0.05, 0) is 12.1 Å². The zero-order valence-corrected chi connectivity index (χ0v) is 9.48. The standard InChI is InChI=1S/C11H16N4O2/c12-10(16)9-2-1-3-14-11(9)15-7-8-6-13-4-5-17-8/h1-3,8,13H,4-7H2,(H2,12,16)(H,14,15)/t8-/m0/s1. The van der Waals surface area contributed by atoms with Gasteiger partial charge < -0.3 is 21.1 Å². The molecule has 6 heteroatoms. The summed E-state index contributed by atoms with van der Waals surface area (Å²) in [5, 5.41) is 6.32. The highest BCUT2D eigenvalue weighted by atomic mass is 16.5. The number of anilines is 1. The predicted molar refractivity (Wildman–Crippen MR) is 63.9 cm³/mol. The second-order valence-electron chi connectivity index (χ2n) is 3.84. The molecule has 2 rings (SSSR count). The summed E-state index contributed by atoms with van der Waals surface area (Å²) in [6.45, 7) is 2.99. The van der Waals surface area contributed by atoms with Crippen LogP contribution < -0.4 is 16.4 Å². The van der Waals surface area contributed by atoms with Gasteiger partial charge in [0.1, 0.15) is 5.82 Å². The summed E-state index contributed by atoms with van der Waals surface area (Å²) in [7, 11) is 0. The number of hydrogen-bond acceptors (Lipinski definition) is 5. The molecule has 0 saturated carbocycles. The number of ether oxygens (including phenoxy) is 1. The minimum absolute atomic E-state index is 0.0893. The number of carbonyl (C=O) groups is 1. The first-order valence-electron chi connectivity index (χ1n) is 5.58. The van der Waals surface area contributed by atoms with Gasteiger partial charge in [-0.15, -0.1) is 0 Å². The Morgan fingerprint density at radius 3 is 3.29 bits per heavy atom. The third-order valence-corrected chi connectivity index (χ3v) is 2.57. The maximum absolute atomic E-state index is 11.2. The molecule has 2 heterocycles. The SMILES string of the molecule is NC(=O)c1cccnc1NC[C@@H]1CNCCO1. The number of nitrogens with zero attached hydrogens (tertiary/aromatic N) is 1. The molecule has 1 amide bonds. The quantitative estimate of drug-likeness (QED) is 0.660. The van der Waals surface area contributed by atoms with Crippen molar-refractivity contribution in [3.8, 4) is 0 Å². The van der Waals surface area contributed by atoms with E-state index in [4.69, 9.17) is 10.5 Å². The molecular formula is C11H16N4O2. The van der Waals surface area contributed by atoms with Crippen molar-refractivity contribution in [2.24, 2.45) is 5.73 Å². The maximum Gasteiger partial charge on any atom is 0.252 e. The lowest BCUT2D eigenvalue weighted by atomic mass is 10.2. The van der Waals surface area contributed by atoms with Crippen molar-refractivity contribution in [2.45, 2.75) is 6.10 Å².